The highest BCUT2D eigenvalue weighted by molar-refractivity contribution is 5.95. The molecule has 36 heavy (non-hydrogen) atoms. The van der Waals surface area contributed by atoms with Crippen LogP contribution < -0.4 is 14.5 Å². The summed E-state index contributed by atoms with van der Waals surface area (Å²) in [6, 6.07) is 11.7. The summed E-state index contributed by atoms with van der Waals surface area (Å²) < 4.78 is 5.71. The molecule has 0 bridgehead atoms. The molecule has 1 amide bonds. The Labute approximate surface area is 209 Å². The Morgan fingerprint density at radius 2 is 1.89 bits per heavy atom. The highest BCUT2D eigenvalue weighted by Crippen LogP contribution is 2.36. The van der Waals surface area contributed by atoms with Crippen LogP contribution in [-0.4, -0.2) is 71.0 Å². The molecule has 1 saturated heterocycles. The first-order chi connectivity index (χ1) is 17.5. The SMILES string of the molecule is C=CC(=O)N1CCN(c2nc(OC(C)C=O)nc3c2CCN(c2cc(O)cc4ccccc24)C3)CC1. The van der Waals surface area contributed by atoms with E-state index in [1.165, 1.54) is 6.08 Å². The molecule has 1 unspecified atom stereocenters. The average Bonchev–Trinajstić information content (AvgIpc) is 2.91. The normalized spacial score (nSPS) is 16.4. The Morgan fingerprint density at radius 3 is 2.64 bits per heavy atom. The maximum absolute atomic E-state index is 12.0. The molecule has 186 valence electrons. The molecule has 1 atom stereocenters. The van der Waals surface area contributed by atoms with Gasteiger partial charge in [-0.2, -0.15) is 9.97 Å². The fourth-order valence-corrected chi connectivity index (χ4v) is 4.91. The van der Waals surface area contributed by atoms with Crippen molar-refractivity contribution in [3.63, 3.8) is 0 Å². The highest BCUT2D eigenvalue weighted by Gasteiger charge is 2.29. The number of piperazine rings is 1. The summed E-state index contributed by atoms with van der Waals surface area (Å²) in [5.74, 6) is 0.935. The second kappa shape index (κ2) is 9.85. The van der Waals surface area contributed by atoms with Crippen molar-refractivity contribution in [2.24, 2.45) is 0 Å². The van der Waals surface area contributed by atoms with Gasteiger partial charge >= 0.3 is 6.01 Å². The predicted octanol–water partition coefficient (Wildman–Crippen LogP) is 2.70. The van der Waals surface area contributed by atoms with Crippen molar-refractivity contribution >= 4 is 34.5 Å². The number of rotatable bonds is 6. The molecule has 0 spiro atoms. The molecule has 5 rings (SSSR count). The van der Waals surface area contributed by atoms with Crippen LogP contribution in [-0.2, 0) is 22.6 Å². The lowest BCUT2D eigenvalue weighted by molar-refractivity contribution is -0.126. The van der Waals surface area contributed by atoms with E-state index in [1.54, 1.807) is 24.0 Å². The Hall–Kier alpha value is -4.14. The predicted molar refractivity (Wildman–Crippen MR) is 138 cm³/mol. The van der Waals surface area contributed by atoms with E-state index < -0.39 is 6.10 Å². The third-order valence-electron chi connectivity index (χ3n) is 6.74. The third kappa shape index (κ3) is 4.56. The number of nitrogens with zero attached hydrogens (tertiary/aromatic N) is 5. The second-order valence-corrected chi connectivity index (χ2v) is 9.09. The zero-order chi connectivity index (χ0) is 25.2. The Morgan fingerprint density at radius 1 is 1.11 bits per heavy atom. The number of phenols is 1. The molecule has 2 aliphatic heterocycles. The highest BCUT2D eigenvalue weighted by atomic mass is 16.5. The lowest BCUT2D eigenvalue weighted by Crippen LogP contribution is -2.49. The van der Waals surface area contributed by atoms with Gasteiger partial charge in [-0.25, -0.2) is 0 Å². The summed E-state index contributed by atoms with van der Waals surface area (Å²) >= 11 is 0. The van der Waals surface area contributed by atoms with Crippen molar-refractivity contribution < 1.29 is 19.4 Å². The molecule has 0 radical (unpaired) electrons. The van der Waals surface area contributed by atoms with E-state index >= 15 is 0 Å². The van der Waals surface area contributed by atoms with Crippen LogP contribution in [0.25, 0.3) is 10.8 Å². The number of aldehydes is 1. The molecule has 2 aliphatic rings. The van der Waals surface area contributed by atoms with Gasteiger partial charge in [-0.1, -0.05) is 30.8 Å². The lowest BCUT2D eigenvalue weighted by Gasteiger charge is -2.38. The fourth-order valence-electron chi connectivity index (χ4n) is 4.91. The smallest absolute Gasteiger partial charge is 0.319 e. The number of anilines is 2. The van der Waals surface area contributed by atoms with Crippen LogP contribution in [0.15, 0.2) is 49.1 Å². The third-order valence-corrected chi connectivity index (χ3v) is 6.74. The van der Waals surface area contributed by atoms with Crippen LogP contribution in [0.2, 0.25) is 0 Å². The average molecular weight is 488 g/mol. The van der Waals surface area contributed by atoms with E-state index in [0.29, 0.717) is 45.4 Å². The van der Waals surface area contributed by atoms with Crippen LogP contribution >= 0.6 is 0 Å². The Kier molecular flexibility index (Phi) is 6.45. The van der Waals surface area contributed by atoms with Crippen molar-refractivity contribution in [3.05, 3.63) is 60.3 Å². The van der Waals surface area contributed by atoms with Gasteiger partial charge in [0.2, 0.25) is 5.91 Å². The number of aromatic hydroxyl groups is 1. The van der Waals surface area contributed by atoms with Crippen molar-refractivity contribution in [1.29, 1.82) is 0 Å². The lowest BCUT2D eigenvalue weighted by atomic mass is 10.0. The second-order valence-electron chi connectivity index (χ2n) is 9.09. The van der Waals surface area contributed by atoms with Crippen LogP contribution in [0.1, 0.15) is 18.2 Å². The van der Waals surface area contributed by atoms with Gasteiger partial charge in [-0.05, 0) is 30.9 Å². The van der Waals surface area contributed by atoms with Crippen LogP contribution in [0.3, 0.4) is 0 Å². The number of benzene rings is 2. The molecule has 0 saturated carbocycles. The number of carbonyl (C=O) groups excluding carboxylic acids is 2. The van der Waals surface area contributed by atoms with Gasteiger partial charge < -0.3 is 24.5 Å². The van der Waals surface area contributed by atoms with E-state index in [4.69, 9.17) is 14.7 Å². The van der Waals surface area contributed by atoms with Crippen LogP contribution in [0.5, 0.6) is 11.8 Å². The van der Waals surface area contributed by atoms with Gasteiger partial charge in [-0.3, -0.25) is 9.59 Å². The number of phenolic OH excluding ortho intramolecular Hbond substituents is 1. The molecule has 1 aromatic heterocycles. The number of hydrogen-bond acceptors (Lipinski definition) is 8. The van der Waals surface area contributed by atoms with E-state index in [-0.39, 0.29) is 17.7 Å². The Bertz CT molecular complexity index is 1320. The molecule has 1 N–H and O–H groups in total. The van der Waals surface area contributed by atoms with Crippen LogP contribution in [0.4, 0.5) is 11.5 Å². The molecule has 3 aromatic rings. The first kappa shape index (κ1) is 23.6. The van der Waals surface area contributed by atoms with E-state index in [0.717, 1.165) is 40.1 Å². The van der Waals surface area contributed by atoms with E-state index in [9.17, 15) is 14.7 Å². The summed E-state index contributed by atoms with van der Waals surface area (Å²) in [6.07, 6.45) is 2.10. The standard InChI is InChI=1S/C27H29N5O4/c1-3-25(35)30-10-12-31(13-11-30)26-22-8-9-32(16-23(22)28-27(29-26)36-18(2)17-33)24-15-20(34)14-19-6-4-5-7-21(19)24/h3-7,14-15,17-18,34H,1,8-13,16H2,2H3. The summed E-state index contributed by atoms with van der Waals surface area (Å²) in [4.78, 5) is 38.8. The van der Waals surface area contributed by atoms with E-state index in [2.05, 4.69) is 22.4 Å². The van der Waals surface area contributed by atoms with Crippen LogP contribution in [0, 0.1) is 0 Å². The minimum Gasteiger partial charge on any atom is -0.508 e. The molecule has 2 aromatic carbocycles. The minimum absolute atomic E-state index is 0.0721. The number of amides is 1. The number of carbonyl (C=O) groups is 2. The zero-order valence-corrected chi connectivity index (χ0v) is 20.3. The van der Waals surface area contributed by atoms with Gasteiger partial charge in [0, 0.05) is 55.4 Å². The molecule has 0 aliphatic carbocycles. The number of fused-ring (bicyclic) bond motifs is 2. The number of hydrogen-bond donors (Lipinski definition) is 1. The van der Waals surface area contributed by atoms with Gasteiger partial charge in [0.25, 0.3) is 0 Å². The van der Waals surface area contributed by atoms with E-state index in [1.807, 2.05) is 18.2 Å². The summed E-state index contributed by atoms with van der Waals surface area (Å²) in [7, 11) is 0. The zero-order valence-electron chi connectivity index (χ0n) is 20.3. The molecule has 9 nitrogen and oxygen atoms in total. The van der Waals surface area contributed by atoms with Gasteiger partial charge in [0.05, 0.1) is 12.2 Å². The fraction of sp³-hybridized carbons (Fsp3) is 0.333. The molecular weight excluding hydrogens is 458 g/mol. The summed E-state index contributed by atoms with van der Waals surface area (Å²) in [5.41, 5.74) is 2.82. The first-order valence-corrected chi connectivity index (χ1v) is 12.1. The molecular formula is C27H29N5O4. The van der Waals surface area contributed by atoms with Crippen molar-refractivity contribution in [2.75, 3.05) is 42.5 Å². The van der Waals surface area contributed by atoms with Crippen molar-refractivity contribution in [2.45, 2.75) is 26.0 Å². The maximum Gasteiger partial charge on any atom is 0.319 e. The largest absolute Gasteiger partial charge is 0.508 e. The Balaban J connectivity index is 1.49. The van der Waals surface area contributed by atoms with Gasteiger partial charge in [-0.15, -0.1) is 0 Å². The maximum atomic E-state index is 12.0. The minimum atomic E-state index is -0.673. The molecule has 3 heterocycles. The van der Waals surface area contributed by atoms with Gasteiger partial charge in [0.15, 0.2) is 12.4 Å². The van der Waals surface area contributed by atoms with Gasteiger partial charge in [0.1, 0.15) is 11.6 Å². The number of aromatic nitrogens is 2. The first-order valence-electron chi connectivity index (χ1n) is 12.1. The molecule has 1 fully saturated rings. The summed E-state index contributed by atoms with van der Waals surface area (Å²) in [6.45, 7) is 8.90. The monoisotopic (exact) mass is 487 g/mol. The topological polar surface area (TPSA) is 99.1 Å². The van der Waals surface area contributed by atoms with Crippen molar-refractivity contribution in [3.8, 4) is 11.8 Å². The number of ether oxygens (including phenoxy) is 1. The quantitative estimate of drug-likeness (QED) is 0.419. The summed E-state index contributed by atoms with van der Waals surface area (Å²) in [5, 5.41) is 12.4. The van der Waals surface area contributed by atoms with Crippen molar-refractivity contribution in [1.82, 2.24) is 14.9 Å². The molecule has 9 heteroatoms.